The number of fused-ring (bicyclic) bond motifs is 1. The first-order valence-corrected chi connectivity index (χ1v) is 8.58. The van der Waals surface area contributed by atoms with Gasteiger partial charge in [0.05, 0.1) is 0 Å². The summed E-state index contributed by atoms with van der Waals surface area (Å²) in [6.45, 7) is 0.607. The molecule has 0 aliphatic heterocycles. The molecule has 1 N–H and O–H groups in total. The van der Waals surface area contributed by atoms with Gasteiger partial charge in [-0.2, -0.15) is 0 Å². The van der Waals surface area contributed by atoms with Crippen molar-refractivity contribution >= 4 is 38.9 Å². The van der Waals surface area contributed by atoms with Crippen molar-refractivity contribution in [1.82, 2.24) is 5.32 Å². The Morgan fingerprint density at radius 3 is 2.74 bits per heavy atom. The van der Waals surface area contributed by atoms with Gasteiger partial charge in [0.2, 0.25) is 0 Å². The van der Waals surface area contributed by atoms with Gasteiger partial charge < -0.3 is 10.1 Å². The Balaban J connectivity index is 1.45. The Morgan fingerprint density at radius 1 is 1.13 bits per heavy atom. The maximum absolute atomic E-state index is 11.8. The molecule has 23 heavy (non-hydrogen) atoms. The zero-order valence-corrected chi connectivity index (χ0v) is 14.0. The number of rotatable bonds is 6. The molecule has 0 bridgehead atoms. The van der Waals surface area contributed by atoms with Gasteiger partial charge in [-0.25, -0.2) is 0 Å². The lowest BCUT2D eigenvalue weighted by atomic mass is 10.1. The standard InChI is InChI=1S/C18H16ClNO2S/c19-14-5-7-15(8-6-14)22-11-18(21)20-10-9-13-12-23-17-4-2-1-3-16(13)17/h1-8,12H,9-11H2,(H,20,21). The second-order valence-corrected chi connectivity index (χ2v) is 6.45. The Labute approximate surface area is 143 Å². The van der Waals surface area contributed by atoms with Gasteiger partial charge in [0, 0.05) is 16.3 Å². The van der Waals surface area contributed by atoms with Gasteiger partial charge >= 0.3 is 0 Å². The lowest BCUT2D eigenvalue weighted by molar-refractivity contribution is -0.123. The summed E-state index contributed by atoms with van der Waals surface area (Å²) < 4.78 is 6.69. The molecule has 0 saturated heterocycles. The van der Waals surface area contributed by atoms with Crippen LogP contribution < -0.4 is 10.1 Å². The second kappa shape index (κ2) is 7.49. The molecule has 0 aliphatic carbocycles. The highest BCUT2D eigenvalue weighted by atomic mass is 35.5. The maximum Gasteiger partial charge on any atom is 0.257 e. The van der Waals surface area contributed by atoms with Crippen molar-refractivity contribution in [1.29, 1.82) is 0 Å². The van der Waals surface area contributed by atoms with Crippen LogP contribution in [-0.4, -0.2) is 19.1 Å². The summed E-state index contributed by atoms with van der Waals surface area (Å²) in [5.74, 6) is 0.507. The van der Waals surface area contributed by atoms with Gasteiger partial charge in [-0.1, -0.05) is 29.8 Å². The van der Waals surface area contributed by atoms with Crippen LogP contribution in [0.5, 0.6) is 5.75 Å². The van der Waals surface area contributed by atoms with Crippen molar-refractivity contribution in [3.05, 3.63) is 64.5 Å². The van der Waals surface area contributed by atoms with E-state index in [1.54, 1.807) is 35.6 Å². The Bertz CT molecular complexity index is 798. The number of carbonyl (C=O) groups is 1. The quantitative estimate of drug-likeness (QED) is 0.723. The van der Waals surface area contributed by atoms with Crippen LogP contribution in [0.1, 0.15) is 5.56 Å². The predicted octanol–water partition coefficient (Wildman–Crippen LogP) is 4.29. The molecule has 0 fully saturated rings. The van der Waals surface area contributed by atoms with Crippen LogP contribution in [0.2, 0.25) is 5.02 Å². The summed E-state index contributed by atoms with van der Waals surface area (Å²) in [6.07, 6.45) is 0.816. The fraction of sp³-hybridized carbons (Fsp3) is 0.167. The molecule has 1 amide bonds. The molecule has 0 radical (unpaired) electrons. The van der Waals surface area contributed by atoms with E-state index in [9.17, 15) is 4.79 Å². The van der Waals surface area contributed by atoms with Crippen molar-refractivity contribution < 1.29 is 9.53 Å². The first-order valence-electron chi connectivity index (χ1n) is 7.32. The van der Waals surface area contributed by atoms with E-state index in [-0.39, 0.29) is 12.5 Å². The summed E-state index contributed by atoms with van der Waals surface area (Å²) in [5.41, 5.74) is 1.27. The predicted molar refractivity (Wildman–Crippen MR) is 95.5 cm³/mol. The Hall–Kier alpha value is -2.04. The highest BCUT2D eigenvalue weighted by Crippen LogP contribution is 2.25. The molecule has 3 aromatic rings. The van der Waals surface area contributed by atoms with E-state index >= 15 is 0 Å². The number of nitrogens with one attached hydrogen (secondary N) is 1. The van der Waals surface area contributed by atoms with Crippen molar-refractivity contribution in [2.24, 2.45) is 0 Å². The van der Waals surface area contributed by atoms with Gasteiger partial charge in [-0.15, -0.1) is 11.3 Å². The fourth-order valence-electron chi connectivity index (χ4n) is 2.29. The monoisotopic (exact) mass is 345 g/mol. The Kier molecular flexibility index (Phi) is 5.16. The maximum atomic E-state index is 11.8. The van der Waals surface area contributed by atoms with E-state index in [1.165, 1.54) is 15.6 Å². The normalized spacial score (nSPS) is 10.7. The molecule has 118 valence electrons. The molecule has 5 heteroatoms. The first-order chi connectivity index (χ1) is 11.2. The van der Waals surface area contributed by atoms with E-state index in [1.807, 2.05) is 12.1 Å². The van der Waals surface area contributed by atoms with Crippen molar-refractivity contribution in [3.8, 4) is 5.75 Å². The molecule has 3 nitrogen and oxygen atoms in total. The molecule has 0 saturated carbocycles. The molecule has 3 rings (SSSR count). The number of ether oxygens (including phenoxy) is 1. The number of hydrogen-bond acceptors (Lipinski definition) is 3. The third-order valence-electron chi connectivity index (χ3n) is 3.46. The number of hydrogen-bond donors (Lipinski definition) is 1. The van der Waals surface area contributed by atoms with Crippen molar-refractivity contribution in [3.63, 3.8) is 0 Å². The number of amides is 1. The van der Waals surface area contributed by atoms with Crippen LogP contribution in [0.4, 0.5) is 0 Å². The molecule has 0 aliphatic rings. The SMILES string of the molecule is O=C(COc1ccc(Cl)cc1)NCCc1csc2ccccc12. The number of benzene rings is 2. The van der Waals surface area contributed by atoms with Crippen LogP contribution in [-0.2, 0) is 11.2 Å². The molecule has 0 spiro atoms. The molecule has 1 aromatic heterocycles. The van der Waals surface area contributed by atoms with E-state index in [0.29, 0.717) is 17.3 Å². The van der Waals surface area contributed by atoms with E-state index in [4.69, 9.17) is 16.3 Å². The molecule has 0 atom stereocenters. The van der Waals surface area contributed by atoms with Gasteiger partial charge in [0.25, 0.3) is 5.91 Å². The van der Waals surface area contributed by atoms with Crippen molar-refractivity contribution in [2.45, 2.75) is 6.42 Å². The van der Waals surface area contributed by atoms with E-state index in [0.717, 1.165) is 6.42 Å². The molecule has 1 heterocycles. The third kappa shape index (κ3) is 4.24. The topological polar surface area (TPSA) is 38.3 Å². The smallest absolute Gasteiger partial charge is 0.257 e. The van der Waals surface area contributed by atoms with Crippen LogP contribution in [0.25, 0.3) is 10.1 Å². The lowest BCUT2D eigenvalue weighted by Crippen LogP contribution is -2.30. The van der Waals surface area contributed by atoms with E-state index < -0.39 is 0 Å². The largest absolute Gasteiger partial charge is 0.484 e. The zero-order chi connectivity index (χ0) is 16.1. The minimum Gasteiger partial charge on any atom is -0.484 e. The van der Waals surface area contributed by atoms with E-state index in [2.05, 4.69) is 22.8 Å². The summed E-state index contributed by atoms with van der Waals surface area (Å²) in [5, 5.41) is 6.95. The minimum atomic E-state index is -0.125. The minimum absolute atomic E-state index is 0.00597. The summed E-state index contributed by atoms with van der Waals surface area (Å²) in [4.78, 5) is 11.8. The van der Waals surface area contributed by atoms with Gasteiger partial charge in [-0.3, -0.25) is 4.79 Å². The van der Waals surface area contributed by atoms with Gasteiger partial charge in [0.1, 0.15) is 5.75 Å². The third-order valence-corrected chi connectivity index (χ3v) is 4.73. The average molecular weight is 346 g/mol. The van der Waals surface area contributed by atoms with Crippen LogP contribution in [0, 0.1) is 0 Å². The lowest BCUT2D eigenvalue weighted by Gasteiger charge is -2.07. The fourth-order valence-corrected chi connectivity index (χ4v) is 3.42. The Morgan fingerprint density at radius 2 is 1.91 bits per heavy atom. The highest BCUT2D eigenvalue weighted by molar-refractivity contribution is 7.17. The number of thiophene rings is 1. The van der Waals surface area contributed by atoms with Crippen LogP contribution in [0.3, 0.4) is 0 Å². The molecular weight excluding hydrogens is 330 g/mol. The summed E-state index contributed by atoms with van der Waals surface area (Å²) >= 11 is 7.53. The van der Waals surface area contributed by atoms with Crippen molar-refractivity contribution in [2.75, 3.05) is 13.2 Å². The first kappa shape index (κ1) is 15.8. The molecule has 2 aromatic carbocycles. The van der Waals surface area contributed by atoms with Crippen LogP contribution in [0.15, 0.2) is 53.9 Å². The highest BCUT2D eigenvalue weighted by Gasteiger charge is 2.05. The molecular formula is C18H16ClNO2S. The van der Waals surface area contributed by atoms with Gasteiger partial charge in [0.15, 0.2) is 6.61 Å². The summed E-state index contributed by atoms with van der Waals surface area (Å²) in [7, 11) is 0. The number of carbonyl (C=O) groups excluding carboxylic acids is 1. The average Bonchev–Trinajstić information content (AvgIpc) is 2.98. The van der Waals surface area contributed by atoms with Gasteiger partial charge in [-0.05, 0) is 53.1 Å². The zero-order valence-electron chi connectivity index (χ0n) is 12.4. The molecule has 0 unspecified atom stereocenters. The number of halogens is 1. The van der Waals surface area contributed by atoms with Crippen LogP contribution >= 0.6 is 22.9 Å². The summed E-state index contributed by atoms with van der Waals surface area (Å²) in [6, 6.07) is 15.3. The second-order valence-electron chi connectivity index (χ2n) is 5.10.